The van der Waals surface area contributed by atoms with E-state index < -0.39 is 0 Å². The first-order valence-electron chi connectivity index (χ1n) is 3.42. The monoisotopic (exact) mass is 152 g/mol. The van der Waals surface area contributed by atoms with Gasteiger partial charge >= 0.3 is 0 Å². The maximum absolute atomic E-state index is 11.1. The van der Waals surface area contributed by atoms with Crippen LogP contribution in [-0.4, -0.2) is 11.6 Å². The molecule has 4 heteroatoms. The van der Waals surface area contributed by atoms with E-state index in [0.29, 0.717) is 30.0 Å². The fourth-order valence-corrected chi connectivity index (χ4v) is 1.23. The van der Waals surface area contributed by atoms with E-state index in [0.717, 1.165) is 0 Å². The minimum atomic E-state index is -0.0910. The van der Waals surface area contributed by atoms with Crippen molar-refractivity contribution in [3.63, 3.8) is 0 Å². The van der Waals surface area contributed by atoms with Gasteiger partial charge in [0.15, 0.2) is 5.75 Å². The molecule has 1 aliphatic heterocycles. The molecule has 1 aromatic rings. The van der Waals surface area contributed by atoms with Gasteiger partial charge in [-0.25, -0.2) is 0 Å². The van der Waals surface area contributed by atoms with E-state index in [1.54, 1.807) is 0 Å². The van der Waals surface area contributed by atoms with Gasteiger partial charge in [-0.15, -0.1) is 0 Å². The summed E-state index contributed by atoms with van der Waals surface area (Å²) < 4.78 is 5.17. The molecule has 0 radical (unpaired) electrons. The number of pyridine rings is 1. The fourth-order valence-electron chi connectivity index (χ4n) is 1.23. The van der Waals surface area contributed by atoms with Crippen molar-refractivity contribution in [2.45, 2.75) is 6.42 Å². The van der Waals surface area contributed by atoms with Crippen LogP contribution < -0.4 is 16.0 Å². The zero-order chi connectivity index (χ0) is 7.84. The highest BCUT2D eigenvalue weighted by atomic mass is 16.5. The van der Waals surface area contributed by atoms with Gasteiger partial charge in [-0.3, -0.25) is 4.79 Å². The third kappa shape index (κ3) is 0.790. The van der Waals surface area contributed by atoms with Crippen LogP contribution in [0.2, 0.25) is 0 Å². The number of aromatic nitrogens is 1. The molecule has 0 unspecified atom stereocenters. The number of anilines is 1. The molecule has 0 atom stereocenters. The first-order chi connectivity index (χ1) is 5.29. The lowest BCUT2D eigenvalue weighted by molar-refractivity contribution is 0.358. The Hall–Kier alpha value is -1.45. The van der Waals surface area contributed by atoms with Gasteiger partial charge in [0.25, 0.3) is 5.56 Å². The lowest BCUT2D eigenvalue weighted by atomic mass is 10.2. The Morgan fingerprint density at radius 1 is 1.64 bits per heavy atom. The second-order valence-corrected chi connectivity index (χ2v) is 2.48. The van der Waals surface area contributed by atoms with E-state index in [1.165, 1.54) is 6.20 Å². The SMILES string of the molecule is Nc1c[nH]c(=O)c2c1OCC2. The molecule has 0 fully saturated rings. The first kappa shape index (κ1) is 6.27. The van der Waals surface area contributed by atoms with E-state index in [2.05, 4.69) is 4.98 Å². The van der Waals surface area contributed by atoms with Gasteiger partial charge < -0.3 is 15.5 Å². The van der Waals surface area contributed by atoms with E-state index in [4.69, 9.17) is 10.5 Å². The number of aromatic amines is 1. The zero-order valence-corrected chi connectivity index (χ0v) is 5.89. The summed E-state index contributed by atoms with van der Waals surface area (Å²) in [5.41, 5.74) is 6.64. The molecule has 1 aliphatic rings. The molecule has 0 spiro atoms. The Morgan fingerprint density at radius 3 is 3.18 bits per heavy atom. The number of ether oxygens (including phenoxy) is 1. The second-order valence-electron chi connectivity index (χ2n) is 2.48. The Bertz CT molecular complexity index is 343. The van der Waals surface area contributed by atoms with Crippen LogP contribution in [0.25, 0.3) is 0 Å². The van der Waals surface area contributed by atoms with Crippen molar-refractivity contribution in [3.8, 4) is 5.75 Å². The smallest absolute Gasteiger partial charge is 0.255 e. The molecule has 0 aromatic carbocycles. The summed E-state index contributed by atoms with van der Waals surface area (Å²) in [4.78, 5) is 13.6. The van der Waals surface area contributed by atoms with Crippen molar-refractivity contribution < 1.29 is 4.74 Å². The number of nitrogens with one attached hydrogen (secondary N) is 1. The number of H-pyrrole nitrogens is 1. The highest BCUT2D eigenvalue weighted by molar-refractivity contribution is 5.55. The number of rotatable bonds is 0. The minimum Gasteiger partial charge on any atom is -0.491 e. The summed E-state index contributed by atoms with van der Waals surface area (Å²) in [6.45, 7) is 0.562. The highest BCUT2D eigenvalue weighted by Gasteiger charge is 2.17. The van der Waals surface area contributed by atoms with E-state index in [-0.39, 0.29) is 5.56 Å². The van der Waals surface area contributed by atoms with Crippen molar-refractivity contribution >= 4 is 5.69 Å². The van der Waals surface area contributed by atoms with Crippen LogP contribution in [0.5, 0.6) is 5.75 Å². The average Bonchev–Trinajstić information content (AvgIpc) is 2.45. The molecule has 3 N–H and O–H groups in total. The second kappa shape index (κ2) is 2.02. The van der Waals surface area contributed by atoms with Crippen molar-refractivity contribution in [1.82, 2.24) is 4.98 Å². The molecule has 0 amide bonds. The van der Waals surface area contributed by atoms with Gasteiger partial charge in [0.05, 0.1) is 17.9 Å². The van der Waals surface area contributed by atoms with Crippen molar-refractivity contribution in [1.29, 1.82) is 0 Å². The van der Waals surface area contributed by atoms with Crippen LogP contribution in [-0.2, 0) is 6.42 Å². The zero-order valence-electron chi connectivity index (χ0n) is 5.89. The van der Waals surface area contributed by atoms with Gasteiger partial charge in [0, 0.05) is 12.6 Å². The predicted octanol–water partition coefficient (Wildman–Crippen LogP) is -0.108. The number of nitrogen functional groups attached to an aromatic ring is 1. The van der Waals surface area contributed by atoms with Crippen molar-refractivity contribution in [2.75, 3.05) is 12.3 Å². The summed E-state index contributed by atoms with van der Waals surface area (Å²) in [6.07, 6.45) is 2.13. The van der Waals surface area contributed by atoms with Crippen LogP contribution >= 0.6 is 0 Å². The van der Waals surface area contributed by atoms with Crippen LogP contribution in [0.4, 0.5) is 5.69 Å². The lowest BCUT2D eigenvalue weighted by Gasteiger charge is -2.00. The summed E-state index contributed by atoms with van der Waals surface area (Å²) in [5.74, 6) is 0.564. The molecule has 2 rings (SSSR count). The van der Waals surface area contributed by atoms with Gasteiger partial charge in [0.2, 0.25) is 0 Å². The Balaban J connectivity index is 2.74. The maximum atomic E-state index is 11.1. The number of fused-ring (bicyclic) bond motifs is 1. The van der Waals surface area contributed by atoms with Crippen molar-refractivity contribution in [3.05, 3.63) is 22.1 Å². The maximum Gasteiger partial charge on any atom is 0.255 e. The third-order valence-corrected chi connectivity index (χ3v) is 1.77. The third-order valence-electron chi connectivity index (χ3n) is 1.77. The molecule has 58 valence electrons. The van der Waals surface area contributed by atoms with Gasteiger partial charge in [0.1, 0.15) is 0 Å². The van der Waals surface area contributed by atoms with Crippen molar-refractivity contribution in [2.24, 2.45) is 0 Å². The Labute approximate surface area is 63.0 Å². The molecule has 11 heavy (non-hydrogen) atoms. The van der Waals surface area contributed by atoms with Gasteiger partial charge in [-0.2, -0.15) is 0 Å². The summed E-state index contributed by atoms with van der Waals surface area (Å²) in [5, 5.41) is 0. The average molecular weight is 152 g/mol. The summed E-state index contributed by atoms with van der Waals surface area (Å²) in [7, 11) is 0. The van der Waals surface area contributed by atoms with E-state index >= 15 is 0 Å². The van der Waals surface area contributed by atoms with Crippen LogP contribution in [0, 0.1) is 0 Å². The number of hydrogen-bond donors (Lipinski definition) is 2. The quantitative estimate of drug-likeness (QED) is 0.545. The van der Waals surface area contributed by atoms with Gasteiger partial charge in [-0.1, -0.05) is 0 Å². The lowest BCUT2D eigenvalue weighted by Crippen LogP contribution is -2.10. The predicted molar refractivity (Wildman–Crippen MR) is 40.7 cm³/mol. The van der Waals surface area contributed by atoms with Crippen LogP contribution in [0.1, 0.15) is 5.56 Å². The molecule has 0 saturated heterocycles. The summed E-state index contributed by atoms with van der Waals surface area (Å²) in [6, 6.07) is 0. The Kier molecular flexibility index (Phi) is 1.15. The van der Waals surface area contributed by atoms with Crippen LogP contribution in [0.3, 0.4) is 0 Å². The highest BCUT2D eigenvalue weighted by Crippen LogP contribution is 2.27. The molecule has 0 bridgehead atoms. The van der Waals surface area contributed by atoms with Gasteiger partial charge in [-0.05, 0) is 0 Å². The topological polar surface area (TPSA) is 68.1 Å². The normalized spacial score (nSPS) is 14.2. The van der Waals surface area contributed by atoms with Crippen LogP contribution in [0.15, 0.2) is 11.0 Å². The summed E-state index contributed by atoms with van der Waals surface area (Å²) >= 11 is 0. The first-order valence-corrected chi connectivity index (χ1v) is 3.42. The Morgan fingerprint density at radius 2 is 2.45 bits per heavy atom. The fraction of sp³-hybridized carbons (Fsp3) is 0.286. The molecule has 0 aliphatic carbocycles. The molecular weight excluding hydrogens is 144 g/mol. The molecular formula is C7H8N2O2. The van der Waals surface area contributed by atoms with E-state index in [9.17, 15) is 4.79 Å². The number of hydrogen-bond acceptors (Lipinski definition) is 3. The van der Waals surface area contributed by atoms with E-state index in [1.807, 2.05) is 0 Å². The largest absolute Gasteiger partial charge is 0.491 e. The standard InChI is InChI=1S/C7H8N2O2/c8-5-3-9-7(10)4-1-2-11-6(4)5/h3H,1-2,8H2,(H,9,10). The minimum absolute atomic E-state index is 0.0910. The molecule has 2 heterocycles. The molecule has 0 saturated carbocycles. The molecule has 4 nitrogen and oxygen atoms in total. The number of nitrogens with two attached hydrogens (primary N) is 1. The molecule has 1 aromatic heterocycles.